The van der Waals surface area contributed by atoms with Crippen LogP contribution in [0, 0.1) is 0 Å². The molecule has 0 bridgehead atoms. The minimum absolute atomic E-state index is 0.0510. The zero-order valence-electron chi connectivity index (χ0n) is 15.4. The molecule has 0 aromatic carbocycles. The number of hydrogen-bond donors (Lipinski definition) is 0. The molecule has 8 heteroatoms. The van der Waals surface area contributed by atoms with Crippen LogP contribution in [0.2, 0.25) is 0 Å². The Hall–Kier alpha value is -0.230. The second kappa shape index (κ2) is 10.7. The number of nitrogens with zero attached hydrogens (tertiary/aromatic N) is 2. The van der Waals surface area contributed by atoms with Crippen LogP contribution in [0.5, 0.6) is 5.88 Å². The molecule has 1 atom stereocenters. The van der Waals surface area contributed by atoms with Crippen molar-refractivity contribution in [3.05, 3.63) is 17.6 Å². The summed E-state index contributed by atoms with van der Waals surface area (Å²) in [7, 11) is 0. The van der Waals surface area contributed by atoms with Crippen molar-refractivity contribution in [2.45, 2.75) is 65.7 Å². The van der Waals surface area contributed by atoms with E-state index in [1.165, 1.54) is 22.8 Å². The average Bonchev–Trinajstić information content (AvgIpc) is 2.50. The predicted molar refractivity (Wildman–Crippen MR) is 105 cm³/mol. The van der Waals surface area contributed by atoms with E-state index >= 15 is 0 Å². The molecule has 0 amide bonds. The summed E-state index contributed by atoms with van der Waals surface area (Å²) in [5.74, 6) is 0.123. The molecule has 0 fully saturated rings. The summed E-state index contributed by atoms with van der Waals surface area (Å²) < 4.78 is 24.1. The second-order valence-electron chi connectivity index (χ2n) is 5.85. The summed E-state index contributed by atoms with van der Waals surface area (Å²) in [6.45, 7) is 12.4. The average molecular weight is 393 g/mol. The first-order valence-corrected chi connectivity index (χ1v) is 13.2. The minimum atomic E-state index is -2.75. The number of rotatable bonds is 11. The molecule has 1 rings (SSSR count). The van der Waals surface area contributed by atoms with Gasteiger partial charge in [0.05, 0.1) is 18.4 Å². The maximum atomic E-state index is 12.9. The second-order valence-corrected chi connectivity index (χ2v) is 13.3. The highest BCUT2D eigenvalue weighted by atomic mass is 33.1. The highest BCUT2D eigenvalue weighted by Crippen LogP contribution is 2.70. The Labute approximate surface area is 154 Å². The summed E-state index contributed by atoms with van der Waals surface area (Å²) in [6.07, 6.45) is 1.02. The van der Waals surface area contributed by atoms with Gasteiger partial charge in [0.15, 0.2) is 0 Å². The third-order valence-electron chi connectivity index (χ3n) is 2.76. The number of aromatic nitrogens is 2. The van der Waals surface area contributed by atoms with Crippen LogP contribution in [-0.4, -0.2) is 28.4 Å². The normalized spacial score (nSPS) is 14.2. The van der Waals surface area contributed by atoms with Gasteiger partial charge in [0.2, 0.25) is 5.88 Å². The maximum absolute atomic E-state index is 12.9. The fourth-order valence-electron chi connectivity index (χ4n) is 1.74. The monoisotopic (exact) mass is 392 g/mol. The molecule has 0 radical (unpaired) electrons. The molecule has 0 aliphatic carbocycles. The Kier molecular flexibility index (Phi) is 9.72. The van der Waals surface area contributed by atoms with E-state index in [1.807, 2.05) is 40.7 Å². The van der Waals surface area contributed by atoms with Gasteiger partial charge < -0.3 is 9.26 Å². The van der Waals surface area contributed by atoms with Crippen molar-refractivity contribution in [2.75, 3.05) is 12.4 Å². The molecule has 24 heavy (non-hydrogen) atoms. The molecule has 0 saturated heterocycles. The van der Waals surface area contributed by atoms with Crippen molar-refractivity contribution in [1.29, 1.82) is 0 Å². The van der Waals surface area contributed by atoms with Gasteiger partial charge in [-0.05, 0) is 27.2 Å². The van der Waals surface area contributed by atoms with Crippen molar-refractivity contribution in [3.8, 4) is 5.88 Å². The van der Waals surface area contributed by atoms with Gasteiger partial charge in [0.25, 0.3) is 0 Å². The van der Waals surface area contributed by atoms with Crippen molar-refractivity contribution in [3.63, 3.8) is 0 Å². The van der Waals surface area contributed by atoms with Crippen LogP contribution in [-0.2, 0) is 14.8 Å². The third-order valence-corrected chi connectivity index (χ3v) is 10.3. The Morgan fingerprint density at radius 2 is 1.88 bits per heavy atom. The maximum Gasteiger partial charge on any atom is 0.313 e. The van der Waals surface area contributed by atoms with E-state index in [4.69, 9.17) is 9.26 Å². The lowest BCUT2D eigenvalue weighted by Crippen LogP contribution is -2.10. The smallest absolute Gasteiger partial charge is 0.313 e. The quantitative estimate of drug-likeness (QED) is 0.434. The molecular formula is C16H29N2O3PS2. The van der Waals surface area contributed by atoms with E-state index in [2.05, 4.69) is 16.9 Å². The minimum Gasteiger partial charge on any atom is -0.475 e. The first kappa shape index (κ1) is 21.8. The fourth-order valence-corrected chi connectivity index (χ4v) is 8.34. The van der Waals surface area contributed by atoms with Crippen LogP contribution in [0.3, 0.4) is 0 Å². The van der Waals surface area contributed by atoms with Crippen LogP contribution in [0.15, 0.2) is 6.07 Å². The Morgan fingerprint density at radius 1 is 1.17 bits per heavy atom. The predicted octanol–water partition coefficient (Wildman–Crippen LogP) is 5.91. The first-order chi connectivity index (χ1) is 11.3. The molecule has 1 unspecified atom stereocenters. The van der Waals surface area contributed by atoms with E-state index in [0.717, 1.165) is 23.7 Å². The van der Waals surface area contributed by atoms with Gasteiger partial charge in [0.1, 0.15) is 5.82 Å². The first-order valence-electron chi connectivity index (χ1n) is 8.37. The molecule has 1 aromatic heterocycles. The number of ether oxygens (including phenoxy) is 1. The van der Waals surface area contributed by atoms with Crippen molar-refractivity contribution in [1.82, 2.24) is 9.97 Å². The van der Waals surface area contributed by atoms with E-state index < -0.39 is 5.77 Å². The van der Waals surface area contributed by atoms with Crippen LogP contribution < -0.4 is 4.74 Å². The molecule has 138 valence electrons. The molecule has 0 spiro atoms. The van der Waals surface area contributed by atoms with E-state index in [0.29, 0.717) is 18.2 Å². The van der Waals surface area contributed by atoms with Gasteiger partial charge in [-0.25, -0.2) is 4.98 Å². The molecular weight excluding hydrogens is 363 g/mol. The summed E-state index contributed by atoms with van der Waals surface area (Å²) in [6, 6.07) is 1.83. The van der Waals surface area contributed by atoms with Gasteiger partial charge in [-0.1, -0.05) is 43.5 Å². The highest BCUT2D eigenvalue weighted by molar-refractivity contribution is 8.89. The molecule has 0 N–H and O–H groups in total. The third kappa shape index (κ3) is 7.77. The Morgan fingerprint density at radius 3 is 2.42 bits per heavy atom. The number of hydrogen-bond acceptors (Lipinski definition) is 7. The lowest BCUT2D eigenvalue weighted by Gasteiger charge is -2.17. The van der Waals surface area contributed by atoms with Gasteiger partial charge in [-0.15, -0.1) is 0 Å². The summed E-state index contributed by atoms with van der Waals surface area (Å²) >= 11 is 2.75. The highest BCUT2D eigenvalue weighted by Gasteiger charge is 2.25. The zero-order valence-corrected chi connectivity index (χ0v) is 18.0. The lowest BCUT2D eigenvalue weighted by molar-refractivity contribution is 0.231. The van der Waals surface area contributed by atoms with Crippen LogP contribution in [0.25, 0.3) is 0 Å². The summed E-state index contributed by atoms with van der Waals surface area (Å²) in [5, 5.41) is 0. The Bertz CT molecular complexity index is 556. The van der Waals surface area contributed by atoms with Crippen LogP contribution >= 0.6 is 28.5 Å². The lowest BCUT2D eigenvalue weighted by atomic mass is 10.2. The van der Waals surface area contributed by atoms with E-state index in [1.54, 1.807) is 0 Å². The van der Waals surface area contributed by atoms with E-state index in [-0.39, 0.29) is 12.0 Å². The van der Waals surface area contributed by atoms with Crippen molar-refractivity contribution in [2.24, 2.45) is 0 Å². The molecule has 0 aliphatic heterocycles. The van der Waals surface area contributed by atoms with Crippen LogP contribution in [0.1, 0.15) is 65.4 Å². The van der Waals surface area contributed by atoms with Gasteiger partial charge in [0, 0.05) is 23.5 Å². The zero-order chi connectivity index (χ0) is 18.2. The summed E-state index contributed by atoms with van der Waals surface area (Å²) in [4.78, 5) is 9.04. The van der Waals surface area contributed by atoms with Crippen LogP contribution in [0.4, 0.5) is 0 Å². The molecule has 0 saturated carbocycles. The van der Waals surface area contributed by atoms with Crippen molar-refractivity contribution >= 4 is 28.5 Å². The largest absolute Gasteiger partial charge is 0.475 e. The van der Waals surface area contributed by atoms with Gasteiger partial charge in [-0.3, -0.25) is 4.57 Å². The van der Waals surface area contributed by atoms with Crippen molar-refractivity contribution < 1.29 is 13.8 Å². The standard InChI is InChI=1S/C16H29N2O3PS2/c1-7-9-23-22(19,20-8-2)24-11-14-10-15(21-13(5)6)18-16(17-14)12(3)4/h10,12-13H,7-9,11H2,1-6H3. The molecule has 0 aliphatic rings. The Balaban J connectivity index is 2.91. The molecule has 1 aromatic rings. The van der Waals surface area contributed by atoms with E-state index in [9.17, 15) is 4.57 Å². The molecule has 5 nitrogen and oxygen atoms in total. The molecule has 1 heterocycles. The SMILES string of the molecule is CCCSP(=O)(OCC)SCc1cc(OC(C)C)nc(C(C)C)n1. The topological polar surface area (TPSA) is 61.3 Å². The fraction of sp³-hybridized carbons (Fsp3) is 0.750. The van der Waals surface area contributed by atoms with Gasteiger partial charge >= 0.3 is 5.77 Å². The summed E-state index contributed by atoms with van der Waals surface area (Å²) in [5.41, 5.74) is 0.825. The van der Waals surface area contributed by atoms with Gasteiger partial charge in [-0.2, -0.15) is 4.98 Å².